The normalized spacial score (nSPS) is 9.62. The van der Waals surface area contributed by atoms with E-state index in [2.05, 4.69) is 4.74 Å². The monoisotopic (exact) mass is 224 g/mol. The van der Waals surface area contributed by atoms with E-state index in [0.29, 0.717) is 19.0 Å². The first-order valence-electron chi connectivity index (χ1n) is 5.18. The second-order valence-corrected chi connectivity index (χ2v) is 3.08. The average molecular weight is 224 g/mol. The lowest BCUT2D eigenvalue weighted by Gasteiger charge is -2.07. The molecule has 0 spiro atoms. The Labute approximate surface area is 95.1 Å². The highest BCUT2D eigenvalue weighted by atomic mass is 16.5. The van der Waals surface area contributed by atoms with Crippen molar-refractivity contribution in [2.24, 2.45) is 0 Å². The van der Waals surface area contributed by atoms with Gasteiger partial charge in [0.05, 0.1) is 26.7 Å². The van der Waals surface area contributed by atoms with Crippen LogP contribution in [0.25, 0.3) is 0 Å². The van der Waals surface area contributed by atoms with Gasteiger partial charge in [0.1, 0.15) is 11.5 Å². The van der Waals surface area contributed by atoms with Gasteiger partial charge in [-0.2, -0.15) is 0 Å². The van der Waals surface area contributed by atoms with Gasteiger partial charge in [0.2, 0.25) is 0 Å². The number of carbonyl (C=O) groups excluding carboxylic acids is 1. The first-order chi connectivity index (χ1) is 7.76. The van der Waals surface area contributed by atoms with Crippen LogP contribution in [0.3, 0.4) is 0 Å². The number of carbonyl (C=O) groups is 1. The van der Waals surface area contributed by atoms with Crippen molar-refractivity contribution >= 4 is 5.97 Å². The predicted octanol–water partition coefficient (Wildman–Crippen LogP) is 2.03. The molecule has 0 radical (unpaired) electrons. The second-order valence-electron chi connectivity index (χ2n) is 3.08. The third-order valence-corrected chi connectivity index (χ3v) is 1.92. The largest absolute Gasteiger partial charge is 0.494 e. The summed E-state index contributed by atoms with van der Waals surface area (Å²) in [6, 6.07) is 7.32. The van der Waals surface area contributed by atoms with Crippen LogP contribution in [0.15, 0.2) is 24.3 Å². The molecule has 0 heterocycles. The first-order valence-corrected chi connectivity index (χ1v) is 5.18. The van der Waals surface area contributed by atoms with Crippen LogP contribution < -0.4 is 9.47 Å². The standard InChI is InChI=1S/C12H16O4/c1-3-15-10-5-4-6-11(9-10)16-8-7-12(13)14-2/h4-6,9H,3,7-8H2,1-2H3. The van der Waals surface area contributed by atoms with Gasteiger partial charge in [-0.15, -0.1) is 0 Å². The van der Waals surface area contributed by atoms with E-state index >= 15 is 0 Å². The van der Waals surface area contributed by atoms with Crippen LogP contribution >= 0.6 is 0 Å². The van der Waals surface area contributed by atoms with Crippen molar-refractivity contribution in [3.8, 4) is 11.5 Å². The molecular formula is C12H16O4. The molecule has 0 atom stereocenters. The number of benzene rings is 1. The minimum atomic E-state index is -0.277. The molecule has 0 aliphatic rings. The molecule has 0 aliphatic heterocycles. The number of esters is 1. The fourth-order valence-corrected chi connectivity index (χ4v) is 1.17. The summed E-state index contributed by atoms with van der Waals surface area (Å²) in [6.45, 7) is 2.85. The molecule has 1 aromatic carbocycles. The van der Waals surface area contributed by atoms with Gasteiger partial charge in [0, 0.05) is 6.07 Å². The van der Waals surface area contributed by atoms with E-state index in [1.807, 2.05) is 25.1 Å². The zero-order valence-electron chi connectivity index (χ0n) is 9.56. The van der Waals surface area contributed by atoms with Gasteiger partial charge < -0.3 is 14.2 Å². The van der Waals surface area contributed by atoms with Gasteiger partial charge in [-0.25, -0.2) is 0 Å². The number of hydrogen-bond acceptors (Lipinski definition) is 4. The van der Waals surface area contributed by atoms with Crippen LogP contribution in [-0.4, -0.2) is 26.3 Å². The molecule has 0 bridgehead atoms. The fourth-order valence-electron chi connectivity index (χ4n) is 1.17. The molecule has 4 nitrogen and oxygen atoms in total. The SMILES string of the molecule is CCOc1cccc(OCCC(=O)OC)c1. The maximum absolute atomic E-state index is 10.8. The summed E-state index contributed by atoms with van der Waals surface area (Å²) < 4.78 is 15.2. The molecule has 1 aromatic rings. The van der Waals surface area contributed by atoms with E-state index in [0.717, 1.165) is 5.75 Å². The van der Waals surface area contributed by atoms with Gasteiger partial charge in [-0.05, 0) is 19.1 Å². The number of ether oxygens (including phenoxy) is 3. The third kappa shape index (κ3) is 4.21. The van der Waals surface area contributed by atoms with E-state index in [9.17, 15) is 4.79 Å². The fraction of sp³-hybridized carbons (Fsp3) is 0.417. The topological polar surface area (TPSA) is 44.8 Å². The van der Waals surface area contributed by atoms with Crippen LogP contribution in [-0.2, 0) is 9.53 Å². The summed E-state index contributed by atoms with van der Waals surface area (Å²) in [7, 11) is 1.36. The zero-order valence-corrected chi connectivity index (χ0v) is 9.56. The molecular weight excluding hydrogens is 208 g/mol. The van der Waals surface area contributed by atoms with Crippen LogP contribution in [0.4, 0.5) is 0 Å². The van der Waals surface area contributed by atoms with Crippen molar-refractivity contribution in [1.82, 2.24) is 0 Å². The Hall–Kier alpha value is -1.71. The second kappa shape index (κ2) is 6.71. The molecule has 0 saturated heterocycles. The lowest BCUT2D eigenvalue weighted by Crippen LogP contribution is -2.07. The molecule has 4 heteroatoms. The highest BCUT2D eigenvalue weighted by molar-refractivity contribution is 5.69. The molecule has 0 fully saturated rings. The summed E-state index contributed by atoms with van der Waals surface area (Å²) in [5.41, 5.74) is 0. The molecule has 16 heavy (non-hydrogen) atoms. The Morgan fingerprint density at radius 2 is 1.94 bits per heavy atom. The summed E-state index contributed by atoms with van der Waals surface area (Å²) in [5.74, 6) is 1.17. The third-order valence-electron chi connectivity index (χ3n) is 1.92. The van der Waals surface area contributed by atoms with E-state index in [4.69, 9.17) is 9.47 Å². The minimum Gasteiger partial charge on any atom is -0.494 e. The molecule has 0 saturated carbocycles. The van der Waals surface area contributed by atoms with E-state index < -0.39 is 0 Å². The molecule has 0 aliphatic carbocycles. The van der Waals surface area contributed by atoms with Crippen molar-refractivity contribution in [2.75, 3.05) is 20.3 Å². The lowest BCUT2D eigenvalue weighted by atomic mass is 10.3. The van der Waals surface area contributed by atoms with Crippen molar-refractivity contribution in [3.05, 3.63) is 24.3 Å². The van der Waals surface area contributed by atoms with Crippen molar-refractivity contribution < 1.29 is 19.0 Å². The van der Waals surface area contributed by atoms with E-state index in [-0.39, 0.29) is 12.4 Å². The Morgan fingerprint density at radius 3 is 2.56 bits per heavy atom. The van der Waals surface area contributed by atoms with Crippen LogP contribution in [0, 0.1) is 0 Å². The van der Waals surface area contributed by atoms with Gasteiger partial charge in [-0.1, -0.05) is 6.07 Å². The van der Waals surface area contributed by atoms with E-state index in [1.165, 1.54) is 7.11 Å². The van der Waals surface area contributed by atoms with E-state index in [1.54, 1.807) is 6.07 Å². The Morgan fingerprint density at radius 1 is 1.25 bits per heavy atom. The summed E-state index contributed by atoms with van der Waals surface area (Å²) in [6.07, 6.45) is 0.245. The van der Waals surface area contributed by atoms with Crippen LogP contribution in [0.1, 0.15) is 13.3 Å². The highest BCUT2D eigenvalue weighted by Crippen LogP contribution is 2.19. The molecule has 88 valence electrons. The summed E-state index contributed by atoms with van der Waals surface area (Å²) in [5, 5.41) is 0. The van der Waals surface area contributed by atoms with Crippen LogP contribution in [0.5, 0.6) is 11.5 Å². The van der Waals surface area contributed by atoms with Gasteiger partial charge in [-0.3, -0.25) is 4.79 Å². The smallest absolute Gasteiger partial charge is 0.308 e. The predicted molar refractivity (Wildman–Crippen MR) is 59.7 cm³/mol. The average Bonchev–Trinajstić information content (AvgIpc) is 2.30. The molecule has 0 unspecified atom stereocenters. The Balaban J connectivity index is 2.41. The maximum atomic E-state index is 10.8. The van der Waals surface area contributed by atoms with Gasteiger partial charge in [0.15, 0.2) is 0 Å². The number of hydrogen-bond donors (Lipinski definition) is 0. The number of rotatable bonds is 6. The van der Waals surface area contributed by atoms with Crippen molar-refractivity contribution in [3.63, 3.8) is 0 Å². The lowest BCUT2D eigenvalue weighted by molar-refractivity contribution is -0.141. The minimum absolute atomic E-state index is 0.245. The summed E-state index contributed by atoms with van der Waals surface area (Å²) in [4.78, 5) is 10.8. The molecule has 0 N–H and O–H groups in total. The quantitative estimate of drug-likeness (QED) is 0.693. The first kappa shape index (κ1) is 12.4. The summed E-state index contributed by atoms with van der Waals surface area (Å²) >= 11 is 0. The zero-order chi connectivity index (χ0) is 11.8. The van der Waals surface area contributed by atoms with Gasteiger partial charge in [0.25, 0.3) is 0 Å². The van der Waals surface area contributed by atoms with Crippen molar-refractivity contribution in [1.29, 1.82) is 0 Å². The van der Waals surface area contributed by atoms with Gasteiger partial charge >= 0.3 is 5.97 Å². The number of methoxy groups -OCH3 is 1. The molecule has 1 rings (SSSR count). The highest BCUT2D eigenvalue weighted by Gasteiger charge is 2.01. The Kier molecular flexibility index (Phi) is 5.19. The van der Waals surface area contributed by atoms with Crippen molar-refractivity contribution in [2.45, 2.75) is 13.3 Å². The molecule has 0 amide bonds. The Bertz CT molecular complexity index is 336. The molecule has 0 aromatic heterocycles. The maximum Gasteiger partial charge on any atom is 0.308 e. The van der Waals surface area contributed by atoms with Crippen LogP contribution in [0.2, 0.25) is 0 Å².